The molecule has 0 aliphatic rings. The number of halogens is 1. The number of sulfonamides is 2. The van der Waals surface area contributed by atoms with Gasteiger partial charge in [-0.2, -0.15) is 8.42 Å². The van der Waals surface area contributed by atoms with Crippen molar-refractivity contribution in [3.05, 3.63) is 70.6 Å². The standard InChI is InChI=1S/C20H15ClN2O7S3/c1-29-20(24)17-8-9-19(31-17)33(27,28)22-14-7-6-13(21)11-15(14)23-32(25,26)18-10-12-4-2-3-5-16(12)30-18/h2-11,22-23H,1H3. The Morgan fingerprint density at radius 1 is 0.939 bits per heavy atom. The van der Waals surface area contributed by atoms with E-state index in [1.165, 1.54) is 43.5 Å². The average Bonchev–Trinajstić information content (AvgIpc) is 3.43. The zero-order valence-electron chi connectivity index (χ0n) is 16.7. The number of carbonyl (C=O) groups excluding carboxylic acids is 1. The Morgan fingerprint density at radius 2 is 1.67 bits per heavy atom. The summed E-state index contributed by atoms with van der Waals surface area (Å²) < 4.78 is 65.9. The molecule has 2 heterocycles. The van der Waals surface area contributed by atoms with E-state index in [0.29, 0.717) is 22.3 Å². The molecule has 0 bridgehead atoms. The number of furan rings is 1. The molecule has 0 unspecified atom stereocenters. The summed E-state index contributed by atoms with van der Waals surface area (Å²) in [6.07, 6.45) is 0. The third-order valence-corrected chi connectivity index (χ3v) is 8.75. The van der Waals surface area contributed by atoms with Crippen LogP contribution in [0.5, 0.6) is 0 Å². The van der Waals surface area contributed by atoms with E-state index in [0.717, 1.165) is 0 Å². The zero-order chi connectivity index (χ0) is 23.8. The number of fused-ring (bicyclic) bond motifs is 1. The number of anilines is 2. The van der Waals surface area contributed by atoms with E-state index in [-0.39, 0.29) is 30.6 Å². The first-order valence-electron chi connectivity index (χ1n) is 9.11. The summed E-state index contributed by atoms with van der Waals surface area (Å²) in [4.78, 5) is 11.7. The number of carbonyl (C=O) groups is 1. The number of rotatable bonds is 7. The molecule has 0 aliphatic heterocycles. The van der Waals surface area contributed by atoms with Crippen LogP contribution in [-0.2, 0) is 24.8 Å². The van der Waals surface area contributed by atoms with Crippen LogP contribution in [0.2, 0.25) is 5.02 Å². The predicted octanol–water partition coefficient (Wildman–Crippen LogP) is 4.54. The van der Waals surface area contributed by atoms with E-state index < -0.39 is 26.0 Å². The number of hydrogen-bond donors (Lipinski definition) is 2. The van der Waals surface area contributed by atoms with Crippen LogP contribution in [0.4, 0.5) is 11.4 Å². The van der Waals surface area contributed by atoms with Crippen molar-refractivity contribution in [2.75, 3.05) is 16.6 Å². The molecule has 172 valence electrons. The summed E-state index contributed by atoms with van der Waals surface area (Å²) in [6, 6.07) is 14.6. The van der Waals surface area contributed by atoms with Crippen LogP contribution < -0.4 is 9.44 Å². The van der Waals surface area contributed by atoms with Gasteiger partial charge in [-0.05, 0) is 36.4 Å². The van der Waals surface area contributed by atoms with Gasteiger partial charge < -0.3 is 9.15 Å². The zero-order valence-corrected chi connectivity index (χ0v) is 19.9. The van der Waals surface area contributed by atoms with Crippen molar-refractivity contribution >= 4 is 71.3 Å². The average molecular weight is 527 g/mol. The van der Waals surface area contributed by atoms with Crippen molar-refractivity contribution < 1.29 is 30.8 Å². The molecule has 2 N–H and O–H groups in total. The van der Waals surface area contributed by atoms with Crippen LogP contribution >= 0.6 is 22.9 Å². The second-order valence-electron chi connectivity index (χ2n) is 6.61. The Bertz CT molecular complexity index is 1540. The quantitative estimate of drug-likeness (QED) is 0.338. The molecular weight excluding hydrogens is 512 g/mol. The first-order valence-corrected chi connectivity index (χ1v) is 13.3. The van der Waals surface area contributed by atoms with Gasteiger partial charge in [0.1, 0.15) is 14.7 Å². The van der Waals surface area contributed by atoms with E-state index in [1.807, 2.05) is 0 Å². The summed E-state index contributed by atoms with van der Waals surface area (Å²) in [6.45, 7) is 0. The highest BCUT2D eigenvalue weighted by Gasteiger charge is 2.24. The van der Waals surface area contributed by atoms with Gasteiger partial charge in [-0.25, -0.2) is 13.2 Å². The Morgan fingerprint density at radius 3 is 2.39 bits per heavy atom. The fourth-order valence-corrected chi connectivity index (χ4v) is 6.36. The van der Waals surface area contributed by atoms with E-state index in [9.17, 15) is 21.6 Å². The second kappa shape index (κ2) is 8.71. The molecule has 4 rings (SSSR count). The minimum atomic E-state index is -4.21. The lowest BCUT2D eigenvalue weighted by atomic mass is 10.3. The second-order valence-corrected chi connectivity index (χ2v) is 11.7. The van der Waals surface area contributed by atoms with Crippen molar-refractivity contribution in [1.82, 2.24) is 0 Å². The van der Waals surface area contributed by atoms with Crippen LogP contribution in [0.1, 0.15) is 9.67 Å². The number of esters is 1. The fraction of sp³-hybridized carbons (Fsp3) is 0.0500. The minimum absolute atomic E-state index is 0.0768. The molecule has 2 aromatic carbocycles. The van der Waals surface area contributed by atoms with Crippen LogP contribution in [-0.4, -0.2) is 29.9 Å². The SMILES string of the molecule is COC(=O)c1ccc(S(=O)(=O)Nc2ccc(Cl)cc2NS(=O)(=O)c2cc3ccccc3o2)s1. The molecule has 9 nitrogen and oxygen atoms in total. The molecule has 0 spiro atoms. The molecule has 2 aromatic heterocycles. The van der Waals surface area contributed by atoms with E-state index >= 15 is 0 Å². The van der Waals surface area contributed by atoms with Crippen molar-refractivity contribution in [2.24, 2.45) is 0 Å². The molecule has 0 radical (unpaired) electrons. The number of thiophene rings is 1. The largest absolute Gasteiger partial charge is 0.465 e. The van der Waals surface area contributed by atoms with Crippen molar-refractivity contribution in [3.8, 4) is 0 Å². The van der Waals surface area contributed by atoms with Crippen LogP contribution in [0, 0.1) is 0 Å². The smallest absolute Gasteiger partial charge is 0.348 e. The van der Waals surface area contributed by atoms with Crippen molar-refractivity contribution in [1.29, 1.82) is 0 Å². The number of hydrogen-bond acceptors (Lipinski definition) is 8. The fourth-order valence-electron chi connectivity index (χ4n) is 2.84. The number of para-hydroxylation sites is 1. The van der Waals surface area contributed by atoms with Gasteiger partial charge in [-0.15, -0.1) is 11.3 Å². The third-order valence-electron chi connectivity index (χ3n) is 4.37. The first-order chi connectivity index (χ1) is 15.6. The highest BCUT2D eigenvalue weighted by molar-refractivity contribution is 7.94. The molecule has 4 aromatic rings. The van der Waals surface area contributed by atoms with Gasteiger partial charge in [0.05, 0.1) is 18.5 Å². The Hall–Kier alpha value is -3.06. The molecule has 0 amide bonds. The highest BCUT2D eigenvalue weighted by atomic mass is 35.5. The topological polar surface area (TPSA) is 132 Å². The number of methoxy groups -OCH3 is 1. The third kappa shape index (κ3) is 4.83. The van der Waals surface area contributed by atoms with Gasteiger partial charge in [-0.1, -0.05) is 29.8 Å². The number of ether oxygens (including phenoxy) is 1. The lowest BCUT2D eigenvalue weighted by molar-refractivity contribution is 0.0606. The highest BCUT2D eigenvalue weighted by Crippen LogP contribution is 2.32. The maximum atomic E-state index is 12.9. The summed E-state index contributed by atoms with van der Waals surface area (Å²) in [5.74, 6) is -0.674. The Labute approximate surface area is 198 Å². The molecule has 0 aliphatic carbocycles. The van der Waals surface area contributed by atoms with Gasteiger partial charge in [0.25, 0.3) is 20.0 Å². The van der Waals surface area contributed by atoms with Crippen LogP contribution in [0.25, 0.3) is 11.0 Å². The van der Waals surface area contributed by atoms with Gasteiger partial charge in [0.15, 0.2) is 0 Å². The monoisotopic (exact) mass is 526 g/mol. The number of nitrogens with one attached hydrogen (secondary N) is 2. The van der Waals surface area contributed by atoms with Gasteiger partial charge in [0, 0.05) is 16.5 Å². The predicted molar refractivity (Wildman–Crippen MR) is 125 cm³/mol. The maximum Gasteiger partial charge on any atom is 0.348 e. The molecule has 0 atom stereocenters. The molecule has 13 heteroatoms. The molecule has 0 saturated carbocycles. The van der Waals surface area contributed by atoms with E-state index in [1.54, 1.807) is 24.3 Å². The van der Waals surface area contributed by atoms with E-state index in [2.05, 4.69) is 14.2 Å². The maximum absolute atomic E-state index is 12.9. The summed E-state index contributed by atoms with van der Waals surface area (Å²) in [5.41, 5.74) is 0.187. The normalized spacial score (nSPS) is 11.9. The van der Waals surface area contributed by atoms with Gasteiger partial charge in [-0.3, -0.25) is 9.44 Å². The van der Waals surface area contributed by atoms with Crippen LogP contribution in [0.3, 0.4) is 0 Å². The molecular formula is C20H15ClN2O7S3. The van der Waals surface area contributed by atoms with E-state index in [4.69, 9.17) is 16.0 Å². The Kier molecular flexibility index (Phi) is 6.10. The Balaban J connectivity index is 1.66. The lowest BCUT2D eigenvalue weighted by Crippen LogP contribution is -2.16. The summed E-state index contributed by atoms with van der Waals surface area (Å²) >= 11 is 6.72. The van der Waals surface area contributed by atoms with Gasteiger partial charge >= 0.3 is 5.97 Å². The minimum Gasteiger partial charge on any atom is -0.465 e. The van der Waals surface area contributed by atoms with Crippen molar-refractivity contribution in [2.45, 2.75) is 9.30 Å². The molecule has 0 fully saturated rings. The first kappa shape index (κ1) is 23.1. The molecule has 33 heavy (non-hydrogen) atoms. The molecule has 0 saturated heterocycles. The summed E-state index contributed by atoms with van der Waals surface area (Å²) in [7, 11) is -7.18. The lowest BCUT2D eigenvalue weighted by Gasteiger charge is -2.13. The van der Waals surface area contributed by atoms with Crippen molar-refractivity contribution in [3.63, 3.8) is 0 Å². The summed E-state index contributed by atoms with van der Waals surface area (Å²) in [5, 5.41) is 0.409. The van der Waals surface area contributed by atoms with Crippen LogP contribution in [0.15, 0.2) is 74.4 Å². The number of benzene rings is 2. The van der Waals surface area contributed by atoms with Gasteiger partial charge in [0.2, 0.25) is 5.09 Å².